The summed E-state index contributed by atoms with van der Waals surface area (Å²) in [5.74, 6) is 0.975. The number of benzene rings is 1. The van der Waals surface area contributed by atoms with Crippen LogP contribution in [0, 0.1) is 3.57 Å². The molecule has 6 heteroatoms. The van der Waals surface area contributed by atoms with Gasteiger partial charge in [0.15, 0.2) is 11.6 Å². The van der Waals surface area contributed by atoms with Gasteiger partial charge in [0.05, 0.1) is 10.0 Å². The molecule has 1 heterocycles. The van der Waals surface area contributed by atoms with Crippen LogP contribution in [0.1, 0.15) is 0 Å². The summed E-state index contributed by atoms with van der Waals surface area (Å²) in [4.78, 5) is 0. The van der Waals surface area contributed by atoms with Gasteiger partial charge in [0.1, 0.15) is 3.57 Å². The Morgan fingerprint density at radius 3 is 2.53 bits per heavy atom. The maximum Gasteiger partial charge on any atom is 0.182 e. The molecule has 0 radical (unpaired) electrons. The van der Waals surface area contributed by atoms with E-state index in [1.165, 1.54) is 0 Å². The standard InChI is InChI=1S/C9H5Cl2IN2O/c10-5-2-1-4(3-6(5)11)8-7(12)9(13)14-15-8/h1-3H,(H2,13,14). The molecular weight excluding hydrogens is 350 g/mol. The van der Waals surface area contributed by atoms with E-state index in [4.69, 9.17) is 33.5 Å². The molecule has 78 valence electrons. The highest BCUT2D eigenvalue weighted by molar-refractivity contribution is 14.1. The van der Waals surface area contributed by atoms with Gasteiger partial charge in [-0.3, -0.25) is 0 Å². The number of nitrogens with two attached hydrogens (primary N) is 1. The average molecular weight is 355 g/mol. The Morgan fingerprint density at radius 2 is 2.00 bits per heavy atom. The largest absolute Gasteiger partial charge is 0.380 e. The Balaban J connectivity index is 2.55. The summed E-state index contributed by atoms with van der Waals surface area (Å²) in [5.41, 5.74) is 6.38. The number of halogens is 3. The molecule has 0 aliphatic carbocycles. The zero-order valence-electron chi connectivity index (χ0n) is 7.30. The van der Waals surface area contributed by atoms with Crippen molar-refractivity contribution in [3.05, 3.63) is 31.8 Å². The van der Waals surface area contributed by atoms with E-state index in [9.17, 15) is 0 Å². The summed E-state index contributed by atoms with van der Waals surface area (Å²) < 4.78 is 5.86. The second-order valence-corrected chi connectivity index (χ2v) is 4.73. The summed E-state index contributed by atoms with van der Waals surface area (Å²) in [6.07, 6.45) is 0. The normalized spacial score (nSPS) is 10.6. The smallest absolute Gasteiger partial charge is 0.182 e. The maximum absolute atomic E-state index is 5.90. The molecule has 0 aliphatic heterocycles. The Labute approximate surface area is 110 Å². The quantitative estimate of drug-likeness (QED) is 0.791. The summed E-state index contributed by atoms with van der Waals surface area (Å²) in [5, 5.41) is 4.64. The van der Waals surface area contributed by atoms with Crippen molar-refractivity contribution in [3.8, 4) is 11.3 Å². The molecule has 0 fully saturated rings. The number of hydrogen-bond acceptors (Lipinski definition) is 3. The number of anilines is 1. The number of rotatable bonds is 1. The van der Waals surface area contributed by atoms with Gasteiger partial charge >= 0.3 is 0 Å². The molecule has 3 nitrogen and oxygen atoms in total. The van der Waals surface area contributed by atoms with Gasteiger partial charge in [-0.2, -0.15) is 0 Å². The van der Waals surface area contributed by atoms with Crippen molar-refractivity contribution in [1.29, 1.82) is 0 Å². The molecule has 0 saturated heterocycles. The molecule has 0 spiro atoms. The molecule has 1 aromatic heterocycles. The molecule has 0 bridgehead atoms. The van der Waals surface area contributed by atoms with E-state index in [2.05, 4.69) is 27.7 Å². The van der Waals surface area contributed by atoms with Gasteiger partial charge in [0.25, 0.3) is 0 Å². The molecule has 0 aliphatic rings. The highest BCUT2D eigenvalue weighted by Crippen LogP contribution is 2.32. The number of aromatic nitrogens is 1. The van der Waals surface area contributed by atoms with Crippen molar-refractivity contribution in [2.45, 2.75) is 0 Å². The van der Waals surface area contributed by atoms with Crippen LogP contribution in [0.25, 0.3) is 11.3 Å². The van der Waals surface area contributed by atoms with Gasteiger partial charge < -0.3 is 10.3 Å². The fraction of sp³-hybridized carbons (Fsp3) is 0. The monoisotopic (exact) mass is 354 g/mol. The second kappa shape index (κ2) is 4.19. The van der Waals surface area contributed by atoms with E-state index in [-0.39, 0.29) is 0 Å². The third-order valence-electron chi connectivity index (χ3n) is 1.84. The second-order valence-electron chi connectivity index (χ2n) is 2.84. The molecule has 2 rings (SSSR count). The SMILES string of the molecule is Nc1noc(-c2ccc(Cl)c(Cl)c2)c1I. The minimum absolute atomic E-state index is 0.372. The van der Waals surface area contributed by atoms with Crippen molar-refractivity contribution in [2.75, 3.05) is 5.73 Å². The number of nitrogens with zero attached hydrogens (tertiary/aromatic N) is 1. The van der Waals surface area contributed by atoms with Crippen molar-refractivity contribution >= 4 is 51.6 Å². The highest BCUT2D eigenvalue weighted by atomic mass is 127. The maximum atomic E-state index is 5.90. The van der Waals surface area contributed by atoms with E-state index in [0.717, 1.165) is 9.13 Å². The minimum Gasteiger partial charge on any atom is -0.380 e. The summed E-state index contributed by atoms with van der Waals surface area (Å²) >= 11 is 13.8. The van der Waals surface area contributed by atoms with Crippen LogP contribution in [0.15, 0.2) is 22.7 Å². The Kier molecular flexibility index (Phi) is 3.08. The van der Waals surface area contributed by atoms with Crippen molar-refractivity contribution in [2.24, 2.45) is 0 Å². The molecular formula is C9H5Cl2IN2O. The summed E-state index contributed by atoms with van der Waals surface area (Å²) in [6, 6.07) is 5.22. The molecule has 0 atom stereocenters. The lowest BCUT2D eigenvalue weighted by Gasteiger charge is -1.99. The Bertz CT molecular complexity index is 513. The predicted molar refractivity (Wildman–Crippen MR) is 69.1 cm³/mol. The van der Waals surface area contributed by atoms with Crippen LogP contribution >= 0.6 is 45.8 Å². The highest BCUT2D eigenvalue weighted by Gasteiger charge is 2.13. The van der Waals surface area contributed by atoms with E-state index >= 15 is 0 Å². The van der Waals surface area contributed by atoms with Gasteiger partial charge in [-0.05, 0) is 40.8 Å². The van der Waals surface area contributed by atoms with Crippen LogP contribution in [0.2, 0.25) is 10.0 Å². The van der Waals surface area contributed by atoms with E-state index in [1.54, 1.807) is 18.2 Å². The van der Waals surface area contributed by atoms with Crippen molar-refractivity contribution < 1.29 is 4.52 Å². The third kappa shape index (κ3) is 2.07. The first-order valence-corrected chi connectivity index (χ1v) is 5.79. The molecule has 1 aromatic carbocycles. The van der Waals surface area contributed by atoms with Crippen LogP contribution in [-0.4, -0.2) is 5.16 Å². The first-order valence-electron chi connectivity index (χ1n) is 3.95. The van der Waals surface area contributed by atoms with E-state index in [1.807, 2.05) is 0 Å². The molecule has 0 amide bonds. The first-order chi connectivity index (χ1) is 7.09. The van der Waals surface area contributed by atoms with E-state index < -0.39 is 0 Å². The third-order valence-corrected chi connectivity index (χ3v) is 3.62. The fourth-order valence-electron chi connectivity index (χ4n) is 1.11. The van der Waals surface area contributed by atoms with Crippen LogP contribution in [-0.2, 0) is 0 Å². The van der Waals surface area contributed by atoms with E-state index in [0.29, 0.717) is 21.6 Å². The van der Waals surface area contributed by atoms with Crippen molar-refractivity contribution in [3.63, 3.8) is 0 Å². The van der Waals surface area contributed by atoms with Crippen LogP contribution in [0.3, 0.4) is 0 Å². The first kappa shape index (κ1) is 11.0. The molecule has 2 aromatic rings. The zero-order chi connectivity index (χ0) is 11.0. The van der Waals surface area contributed by atoms with Crippen LogP contribution < -0.4 is 5.73 Å². The van der Waals surface area contributed by atoms with Crippen LogP contribution in [0.5, 0.6) is 0 Å². The lowest BCUT2D eigenvalue weighted by molar-refractivity contribution is 0.435. The molecule has 2 N–H and O–H groups in total. The van der Waals surface area contributed by atoms with Crippen molar-refractivity contribution in [1.82, 2.24) is 5.16 Å². The lowest BCUT2D eigenvalue weighted by Crippen LogP contribution is -1.86. The zero-order valence-corrected chi connectivity index (χ0v) is 11.0. The Morgan fingerprint density at radius 1 is 1.27 bits per heavy atom. The lowest BCUT2D eigenvalue weighted by atomic mass is 10.2. The molecule has 15 heavy (non-hydrogen) atoms. The fourth-order valence-corrected chi connectivity index (χ4v) is 1.91. The summed E-state index contributed by atoms with van der Waals surface area (Å²) in [6.45, 7) is 0. The molecule has 0 saturated carbocycles. The summed E-state index contributed by atoms with van der Waals surface area (Å²) in [7, 11) is 0. The van der Waals surface area contributed by atoms with Gasteiger partial charge in [0.2, 0.25) is 0 Å². The van der Waals surface area contributed by atoms with Gasteiger partial charge in [-0.25, -0.2) is 0 Å². The predicted octanol–water partition coefficient (Wildman–Crippen LogP) is 3.84. The van der Waals surface area contributed by atoms with Gasteiger partial charge in [-0.15, -0.1) is 0 Å². The van der Waals surface area contributed by atoms with Crippen LogP contribution in [0.4, 0.5) is 5.82 Å². The van der Waals surface area contributed by atoms with Gasteiger partial charge in [0, 0.05) is 5.56 Å². The van der Waals surface area contributed by atoms with Gasteiger partial charge in [-0.1, -0.05) is 28.4 Å². The Hall–Kier alpha value is -0.460. The molecule has 0 unspecified atom stereocenters. The topological polar surface area (TPSA) is 52.0 Å². The number of nitrogen functional groups attached to an aromatic ring is 1. The average Bonchev–Trinajstić information content (AvgIpc) is 2.53. The number of hydrogen-bond donors (Lipinski definition) is 1. The minimum atomic E-state index is 0.372.